The van der Waals surface area contributed by atoms with Crippen LogP contribution in [0.25, 0.3) is 6.08 Å². The van der Waals surface area contributed by atoms with Crippen molar-refractivity contribution in [1.82, 2.24) is 29.9 Å². The maximum absolute atomic E-state index is 4.49. The molecular formula is C22H32IN7. The van der Waals surface area contributed by atoms with Crippen molar-refractivity contribution in [2.75, 3.05) is 39.8 Å². The van der Waals surface area contributed by atoms with Crippen molar-refractivity contribution in [3.63, 3.8) is 0 Å². The van der Waals surface area contributed by atoms with Gasteiger partial charge in [-0.15, -0.1) is 34.2 Å². The third-order valence-electron chi connectivity index (χ3n) is 5.70. The van der Waals surface area contributed by atoms with Gasteiger partial charge >= 0.3 is 0 Å². The van der Waals surface area contributed by atoms with Crippen LogP contribution in [0.2, 0.25) is 0 Å². The summed E-state index contributed by atoms with van der Waals surface area (Å²) in [6.07, 6.45) is 7.94. The second-order valence-corrected chi connectivity index (χ2v) is 7.64. The lowest BCUT2D eigenvalue weighted by Crippen LogP contribution is -2.52. The Kier molecular flexibility index (Phi) is 8.68. The molecule has 0 bridgehead atoms. The molecule has 2 aliphatic heterocycles. The fourth-order valence-corrected chi connectivity index (χ4v) is 4.03. The van der Waals surface area contributed by atoms with Crippen molar-refractivity contribution < 1.29 is 0 Å². The molecule has 1 fully saturated rings. The number of nitrogens with one attached hydrogen (secondary N) is 1. The Bertz CT molecular complexity index is 838. The van der Waals surface area contributed by atoms with Gasteiger partial charge in [-0.3, -0.25) is 9.89 Å². The van der Waals surface area contributed by atoms with E-state index in [0.717, 1.165) is 63.3 Å². The molecule has 2 aliphatic rings. The number of guanidine groups is 1. The Morgan fingerprint density at radius 1 is 1.07 bits per heavy atom. The molecule has 3 heterocycles. The van der Waals surface area contributed by atoms with Gasteiger partial charge in [0.1, 0.15) is 5.82 Å². The van der Waals surface area contributed by atoms with Crippen LogP contribution in [0, 0.1) is 0 Å². The van der Waals surface area contributed by atoms with Crippen LogP contribution in [0.4, 0.5) is 0 Å². The average molecular weight is 521 g/mol. The van der Waals surface area contributed by atoms with Gasteiger partial charge in [0.25, 0.3) is 0 Å². The number of aromatic nitrogens is 3. The largest absolute Gasteiger partial charge is 0.349 e. The van der Waals surface area contributed by atoms with Crippen LogP contribution < -0.4 is 5.32 Å². The van der Waals surface area contributed by atoms with Crippen molar-refractivity contribution in [2.45, 2.75) is 32.4 Å². The number of halogens is 1. The molecule has 4 rings (SSSR count). The lowest BCUT2D eigenvalue weighted by Gasteiger charge is -2.36. The molecule has 1 aromatic carbocycles. The van der Waals surface area contributed by atoms with E-state index in [0.29, 0.717) is 6.54 Å². The second kappa shape index (κ2) is 11.5. The van der Waals surface area contributed by atoms with E-state index in [4.69, 9.17) is 0 Å². The summed E-state index contributed by atoms with van der Waals surface area (Å²) in [5, 5.41) is 12.2. The van der Waals surface area contributed by atoms with Crippen molar-refractivity contribution in [2.24, 2.45) is 4.99 Å². The first-order valence-corrected chi connectivity index (χ1v) is 10.6. The van der Waals surface area contributed by atoms with Gasteiger partial charge < -0.3 is 14.8 Å². The molecule has 0 saturated carbocycles. The molecular weight excluding hydrogens is 489 g/mol. The van der Waals surface area contributed by atoms with E-state index >= 15 is 0 Å². The molecule has 0 radical (unpaired) electrons. The normalized spacial score (nSPS) is 17.6. The summed E-state index contributed by atoms with van der Waals surface area (Å²) in [4.78, 5) is 9.31. The van der Waals surface area contributed by atoms with Gasteiger partial charge in [0.05, 0.1) is 6.54 Å². The lowest BCUT2D eigenvalue weighted by atomic mass is 10.2. The Morgan fingerprint density at radius 2 is 1.87 bits per heavy atom. The highest BCUT2D eigenvalue weighted by Crippen LogP contribution is 2.14. The molecule has 7 nitrogen and oxygen atoms in total. The Hall–Kier alpha value is -1.94. The maximum atomic E-state index is 4.49. The summed E-state index contributed by atoms with van der Waals surface area (Å²) in [5.74, 6) is 3.10. The molecule has 0 spiro atoms. The third kappa shape index (κ3) is 5.81. The van der Waals surface area contributed by atoms with E-state index < -0.39 is 0 Å². The maximum Gasteiger partial charge on any atom is 0.194 e. The topological polar surface area (TPSA) is 61.6 Å². The number of nitrogens with zero attached hydrogens (tertiary/aromatic N) is 6. The monoisotopic (exact) mass is 521 g/mol. The van der Waals surface area contributed by atoms with Gasteiger partial charge in [-0.2, -0.15) is 0 Å². The molecule has 1 N–H and O–H groups in total. The summed E-state index contributed by atoms with van der Waals surface area (Å²) in [5.41, 5.74) is 1.26. The fourth-order valence-electron chi connectivity index (χ4n) is 4.03. The van der Waals surface area contributed by atoms with Gasteiger partial charge in [-0.1, -0.05) is 42.5 Å². The Labute approximate surface area is 196 Å². The number of rotatable bonds is 5. The highest BCUT2D eigenvalue weighted by molar-refractivity contribution is 14.0. The first-order chi connectivity index (χ1) is 14.3. The minimum atomic E-state index is 0. The van der Waals surface area contributed by atoms with E-state index in [1.165, 1.54) is 18.4 Å². The zero-order chi connectivity index (χ0) is 19.9. The van der Waals surface area contributed by atoms with Gasteiger partial charge in [-0.25, -0.2) is 0 Å². The second-order valence-electron chi connectivity index (χ2n) is 7.64. The Balaban J connectivity index is 0.00000256. The van der Waals surface area contributed by atoms with Crippen LogP contribution in [-0.4, -0.2) is 70.3 Å². The molecule has 1 aromatic heterocycles. The summed E-state index contributed by atoms with van der Waals surface area (Å²) < 4.78 is 2.26. The minimum Gasteiger partial charge on any atom is -0.349 e. The van der Waals surface area contributed by atoms with E-state index in [-0.39, 0.29) is 24.0 Å². The first kappa shape index (κ1) is 22.7. The van der Waals surface area contributed by atoms with Crippen molar-refractivity contribution in [1.29, 1.82) is 0 Å². The molecule has 0 aliphatic carbocycles. The van der Waals surface area contributed by atoms with Gasteiger partial charge in [0.15, 0.2) is 11.8 Å². The molecule has 8 heteroatoms. The van der Waals surface area contributed by atoms with Crippen LogP contribution in [0.15, 0.2) is 41.4 Å². The van der Waals surface area contributed by atoms with Crippen molar-refractivity contribution in [3.8, 4) is 0 Å². The van der Waals surface area contributed by atoms with Crippen LogP contribution in [0.5, 0.6) is 0 Å². The fraction of sp³-hybridized carbons (Fsp3) is 0.500. The van der Waals surface area contributed by atoms with Crippen LogP contribution in [-0.2, 0) is 19.5 Å². The average Bonchev–Trinajstić information content (AvgIpc) is 3.19. The summed E-state index contributed by atoms with van der Waals surface area (Å²) >= 11 is 0. The highest BCUT2D eigenvalue weighted by atomic mass is 127. The van der Waals surface area contributed by atoms with Gasteiger partial charge in [0.2, 0.25) is 0 Å². The number of aryl methyl sites for hydroxylation is 1. The number of hydrogen-bond donors (Lipinski definition) is 1. The predicted octanol–water partition coefficient (Wildman–Crippen LogP) is 2.64. The van der Waals surface area contributed by atoms with Crippen LogP contribution >= 0.6 is 24.0 Å². The van der Waals surface area contributed by atoms with Crippen LogP contribution in [0.1, 0.15) is 30.1 Å². The van der Waals surface area contributed by atoms with Crippen LogP contribution in [0.3, 0.4) is 0 Å². The van der Waals surface area contributed by atoms with Gasteiger partial charge in [-0.05, 0) is 18.4 Å². The third-order valence-corrected chi connectivity index (χ3v) is 5.70. The van der Waals surface area contributed by atoms with E-state index in [1.807, 2.05) is 7.05 Å². The predicted molar refractivity (Wildman–Crippen MR) is 132 cm³/mol. The number of hydrogen-bond acceptors (Lipinski definition) is 4. The molecule has 162 valence electrons. The van der Waals surface area contributed by atoms with Crippen molar-refractivity contribution >= 4 is 36.0 Å². The SMILES string of the molecule is CN=C(NCc1nnc2n1CCCC2)N1CCN(C/C=C/c2ccccc2)CC1.I. The van der Waals surface area contributed by atoms with Crippen molar-refractivity contribution in [3.05, 3.63) is 53.6 Å². The summed E-state index contributed by atoms with van der Waals surface area (Å²) in [6, 6.07) is 10.5. The number of aliphatic imine (C=N–C) groups is 1. The number of benzene rings is 1. The first-order valence-electron chi connectivity index (χ1n) is 10.6. The quantitative estimate of drug-likeness (QED) is 0.373. The Morgan fingerprint density at radius 3 is 2.63 bits per heavy atom. The number of fused-ring (bicyclic) bond motifs is 1. The molecule has 30 heavy (non-hydrogen) atoms. The van der Waals surface area contributed by atoms with E-state index in [9.17, 15) is 0 Å². The highest BCUT2D eigenvalue weighted by Gasteiger charge is 2.20. The lowest BCUT2D eigenvalue weighted by molar-refractivity contribution is 0.194. The number of piperazine rings is 1. The zero-order valence-corrected chi connectivity index (χ0v) is 20.0. The van der Waals surface area contributed by atoms with E-state index in [2.05, 4.69) is 77.4 Å². The summed E-state index contributed by atoms with van der Waals surface area (Å²) in [7, 11) is 1.86. The molecule has 1 saturated heterocycles. The molecule has 0 unspecified atom stereocenters. The molecule has 0 amide bonds. The minimum absolute atomic E-state index is 0. The van der Waals surface area contributed by atoms with E-state index in [1.54, 1.807) is 0 Å². The zero-order valence-electron chi connectivity index (χ0n) is 17.7. The standard InChI is InChI=1S/C22H31N7.HI/c1-23-22(24-18-21-26-25-20-11-5-6-13-29(20)21)28-16-14-27(15-17-28)12-7-10-19-8-3-2-4-9-19;/h2-4,7-10H,5-6,11-18H2,1H3,(H,23,24);1H/b10-7+;. The summed E-state index contributed by atoms with van der Waals surface area (Å²) in [6.45, 7) is 6.75. The van der Waals surface area contributed by atoms with Gasteiger partial charge in [0, 0.05) is 52.7 Å². The molecule has 2 aromatic rings. The smallest absolute Gasteiger partial charge is 0.194 e. The molecule has 0 atom stereocenters.